The van der Waals surface area contributed by atoms with Crippen LogP contribution in [0.2, 0.25) is 0 Å². The van der Waals surface area contributed by atoms with Crippen molar-refractivity contribution in [2.45, 2.75) is 26.2 Å². The van der Waals surface area contributed by atoms with Crippen LogP contribution in [-0.2, 0) is 4.79 Å². The largest absolute Gasteiger partial charge is 0.336 e. The Kier molecular flexibility index (Phi) is 5.95. The highest BCUT2D eigenvalue weighted by Crippen LogP contribution is 2.32. The molecular formula is C24H29N3O2. The second-order valence-corrected chi connectivity index (χ2v) is 8.02. The minimum atomic E-state index is 0.0695. The van der Waals surface area contributed by atoms with E-state index in [9.17, 15) is 9.59 Å². The topological polar surface area (TPSA) is 52.6 Å². The van der Waals surface area contributed by atoms with Crippen LogP contribution in [0.4, 0.5) is 5.69 Å². The number of hydrogen-bond acceptors (Lipinski definition) is 3. The molecule has 2 aromatic rings. The normalized spacial score (nSPS) is 17.2. The van der Waals surface area contributed by atoms with E-state index in [1.165, 1.54) is 0 Å². The average molecular weight is 392 g/mol. The summed E-state index contributed by atoms with van der Waals surface area (Å²) in [4.78, 5) is 29.9. The Morgan fingerprint density at radius 1 is 1.00 bits per heavy atom. The van der Waals surface area contributed by atoms with Crippen molar-refractivity contribution in [1.82, 2.24) is 9.80 Å². The third-order valence-corrected chi connectivity index (χ3v) is 5.75. The molecule has 152 valence electrons. The first kappa shape index (κ1) is 19.6. The van der Waals surface area contributed by atoms with Gasteiger partial charge in [-0.25, -0.2) is 0 Å². The van der Waals surface area contributed by atoms with Gasteiger partial charge in [-0.3, -0.25) is 14.5 Å². The van der Waals surface area contributed by atoms with Gasteiger partial charge in [0.2, 0.25) is 5.91 Å². The number of nitrogens with one attached hydrogen (secondary N) is 1. The van der Waals surface area contributed by atoms with E-state index >= 15 is 0 Å². The van der Waals surface area contributed by atoms with Gasteiger partial charge in [-0.2, -0.15) is 0 Å². The molecule has 0 radical (unpaired) electrons. The highest BCUT2D eigenvalue weighted by atomic mass is 16.2. The quantitative estimate of drug-likeness (QED) is 0.813. The number of anilines is 1. The Balaban J connectivity index is 1.58. The van der Waals surface area contributed by atoms with Gasteiger partial charge in [0.1, 0.15) is 0 Å². The number of amides is 2. The number of carbonyl (C=O) groups is 2. The van der Waals surface area contributed by atoms with Crippen LogP contribution in [0.5, 0.6) is 0 Å². The first-order chi connectivity index (χ1) is 14.2. The highest BCUT2D eigenvalue weighted by Gasteiger charge is 2.30. The van der Waals surface area contributed by atoms with Crippen LogP contribution in [0.3, 0.4) is 0 Å². The number of rotatable bonds is 6. The van der Waals surface area contributed by atoms with E-state index in [1.54, 1.807) is 0 Å². The number of carbonyl (C=O) groups excluding carboxylic acids is 2. The van der Waals surface area contributed by atoms with Crippen LogP contribution in [-0.4, -0.2) is 54.3 Å². The van der Waals surface area contributed by atoms with Crippen molar-refractivity contribution in [2.24, 2.45) is 5.92 Å². The van der Waals surface area contributed by atoms with Gasteiger partial charge in [-0.1, -0.05) is 37.3 Å². The van der Waals surface area contributed by atoms with Crippen molar-refractivity contribution in [3.8, 4) is 11.1 Å². The standard InChI is InChI=1S/C24H29N3O2/c1-2-12-26-13-15-27(16-14-26)24(29)21-11-10-20(25-23(28)19-8-9-19)17-22(21)18-6-4-3-5-7-18/h3-7,10-11,17,19H,2,8-9,12-16H2,1H3,(H,25,28). The number of piperazine rings is 1. The fourth-order valence-corrected chi connectivity index (χ4v) is 3.92. The number of benzene rings is 2. The zero-order chi connectivity index (χ0) is 20.2. The molecule has 1 N–H and O–H groups in total. The SMILES string of the molecule is CCCN1CCN(C(=O)c2ccc(NC(=O)C3CC3)cc2-c2ccccc2)CC1. The van der Waals surface area contributed by atoms with Crippen LogP contribution < -0.4 is 5.32 Å². The van der Waals surface area contributed by atoms with E-state index in [4.69, 9.17) is 0 Å². The Hall–Kier alpha value is -2.66. The molecule has 2 amide bonds. The molecule has 29 heavy (non-hydrogen) atoms. The third-order valence-electron chi connectivity index (χ3n) is 5.75. The highest BCUT2D eigenvalue weighted by molar-refractivity contribution is 6.03. The minimum absolute atomic E-state index is 0.0695. The van der Waals surface area contributed by atoms with Gasteiger partial charge in [-0.05, 0) is 55.1 Å². The molecule has 0 bridgehead atoms. The first-order valence-corrected chi connectivity index (χ1v) is 10.7. The lowest BCUT2D eigenvalue weighted by Crippen LogP contribution is -2.48. The van der Waals surface area contributed by atoms with E-state index in [0.717, 1.165) is 68.8 Å². The fraction of sp³-hybridized carbons (Fsp3) is 0.417. The average Bonchev–Trinajstić information content (AvgIpc) is 3.60. The van der Waals surface area contributed by atoms with E-state index in [0.29, 0.717) is 5.56 Å². The molecule has 4 rings (SSSR count). The summed E-state index contributed by atoms with van der Waals surface area (Å²) in [7, 11) is 0. The van der Waals surface area contributed by atoms with Crippen LogP contribution in [0.1, 0.15) is 36.5 Å². The molecule has 2 aromatic carbocycles. The lowest BCUT2D eigenvalue weighted by atomic mass is 9.97. The van der Waals surface area contributed by atoms with Crippen molar-refractivity contribution in [3.05, 3.63) is 54.1 Å². The lowest BCUT2D eigenvalue weighted by molar-refractivity contribution is -0.117. The van der Waals surface area contributed by atoms with Crippen LogP contribution >= 0.6 is 0 Å². The van der Waals surface area contributed by atoms with Crippen molar-refractivity contribution in [1.29, 1.82) is 0 Å². The van der Waals surface area contributed by atoms with Gasteiger partial charge in [0.25, 0.3) is 5.91 Å². The zero-order valence-electron chi connectivity index (χ0n) is 17.1. The molecule has 1 saturated carbocycles. The van der Waals surface area contributed by atoms with Gasteiger partial charge in [-0.15, -0.1) is 0 Å². The molecule has 1 aliphatic heterocycles. The lowest BCUT2D eigenvalue weighted by Gasteiger charge is -2.35. The zero-order valence-corrected chi connectivity index (χ0v) is 17.1. The van der Waals surface area contributed by atoms with Crippen LogP contribution in [0, 0.1) is 5.92 Å². The molecule has 0 unspecified atom stereocenters. The van der Waals surface area contributed by atoms with Gasteiger partial charge in [0, 0.05) is 43.3 Å². The second kappa shape index (κ2) is 8.78. The van der Waals surface area contributed by atoms with Gasteiger partial charge in [0.15, 0.2) is 0 Å². The molecular weight excluding hydrogens is 362 g/mol. The molecule has 5 nitrogen and oxygen atoms in total. The summed E-state index contributed by atoms with van der Waals surface area (Å²) >= 11 is 0. The third kappa shape index (κ3) is 4.67. The number of hydrogen-bond donors (Lipinski definition) is 1. The summed E-state index contributed by atoms with van der Waals surface area (Å²) in [6.07, 6.45) is 3.08. The molecule has 0 aromatic heterocycles. The second-order valence-electron chi connectivity index (χ2n) is 8.02. The first-order valence-electron chi connectivity index (χ1n) is 10.7. The van der Waals surface area contributed by atoms with Crippen LogP contribution in [0.15, 0.2) is 48.5 Å². The maximum absolute atomic E-state index is 13.3. The van der Waals surface area contributed by atoms with E-state index in [1.807, 2.05) is 53.4 Å². The Morgan fingerprint density at radius 3 is 2.38 bits per heavy atom. The smallest absolute Gasteiger partial charge is 0.254 e. The summed E-state index contributed by atoms with van der Waals surface area (Å²) in [5, 5.41) is 3.01. The summed E-state index contributed by atoms with van der Waals surface area (Å²) in [6.45, 7) is 6.64. The maximum atomic E-state index is 13.3. The van der Waals surface area contributed by atoms with Crippen molar-refractivity contribution in [2.75, 3.05) is 38.0 Å². The van der Waals surface area contributed by atoms with Crippen molar-refractivity contribution < 1.29 is 9.59 Å². The van der Waals surface area contributed by atoms with Crippen molar-refractivity contribution >= 4 is 17.5 Å². The predicted molar refractivity (Wildman–Crippen MR) is 116 cm³/mol. The summed E-state index contributed by atoms with van der Waals surface area (Å²) in [6, 6.07) is 15.6. The predicted octanol–water partition coefficient (Wildman–Crippen LogP) is 3.87. The Labute approximate surface area is 172 Å². The van der Waals surface area contributed by atoms with Gasteiger partial charge < -0.3 is 10.2 Å². The summed E-state index contributed by atoms with van der Waals surface area (Å²) in [5.74, 6) is 0.297. The van der Waals surface area contributed by atoms with E-state index < -0.39 is 0 Å². The molecule has 0 atom stereocenters. The Bertz CT molecular complexity index is 869. The number of nitrogens with zero attached hydrogens (tertiary/aromatic N) is 2. The minimum Gasteiger partial charge on any atom is -0.336 e. The molecule has 1 heterocycles. The van der Waals surface area contributed by atoms with Crippen LogP contribution in [0.25, 0.3) is 11.1 Å². The van der Waals surface area contributed by atoms with E-state index in [-0.39, 0.29) is 17.7 Å². The summed E-state index contributed by atoms with van der Waals surface area (Å²) < 4.78 is 0. The van der Waals surface area contributed by atoms with Gasteiger partial charge in [0.05, 0.1) is 0 Å². The molecule has 5 heteroatoms. The van der Waals surface area contributed by atoms with Gasteiger partial charge >= 0.3 is 0 Å². The van der Waals surface area contributed by atoms with E-state index in [2.05, 4.69) is 17.1 Å². The molecule has 1 saturated heterocycles. The molecule has 0 spiro atoms. The molecule has 2 aliphatic rings. The monoisotopic (exact) mass is 391 g/mol. The van der Waals surface area contributed by atoms with Crippen molar-refractivity contribution in [3.63, 3.8) is 0 Å². The summed E-state index contributed by atoms with van der Waals surface area (Å²) in [5.41, 5.74) is 3.32. The maximum Gasteiger partial charge on any atom is 0.254 e. The molecule has 1 aliphatic carbocycles. The molecule has 2 fully saturated rings. The fourth-order valence-electron chi connectivity index (χ4n) is 3.92. The Morgan fingerprint density at radius 2 is 1.72 bits per heavy atom.